The molecule has 2 rings (SSSR count). The molecule has 0 spiro atoms. The van der Waals surface area contributed by atoms with E-state index in [4.69, 9.17) is 0 Å². The van der Waals surface area contributed by atoms with Gasteiger partial charge in [-0.25, -0.2) is 0 Å². The fourth-order valence-corrected chi connectivity index (χ4v) is 3.64. The standard InChI is InChI=1S/C15H27NO/c1-2-3-4-5-6-9-16-15(17)14-11-12-7-8-13(14)10-12/h12-14H,2-11H2,1H3,(H,16,17)/t12-,13-,14-/m0/s1. The van der Waals surface area contributed by atoms with Gasteiger partial charge >= 0.3 is 0 Å². The van der Waals surface area contributed by atoms with Gasteiger partial charge in [-0.05, 0) is 37.5 Å². The van der Waals surface area contributed by atoms with Crippen molar-refractivity contribution in [2.75, 3.05) is 6.54 Å². The minimum absolute atomic E-state index is 0.354. The molecule has 2 heteroatoms. The van der Waals surface area contributed by atoms with E-state index in [9.17, 15) is 4.79 Å². The Kier molecular flexibility index (Phi) is 4.87. The summed E-state index contributed by atoms with van der Waals surface area (Å²) in [5, 5.41) is 3.15. The van der Waals surface area contributed by atoms with Gasteiger partial charge in [0.15, 0.2) is 0 Å². The maximum Gasteiger partial charge on any atom is 0.223 e. The fraction of sp³-hybridized carbons (Fsp3) is 0.933. The molecular weight excluding hydrogens is 210 g/mol. The number of carbonyl (C=O) groups is 1. The Bertz CT molecular complexity index is 251. The highest BCUT2D eigenvalue weighted by Gasteiger charge is 2.42. The van der Waals surface area contributed by atoms with Gasteiger partial charge in [0, 0.05) is 12.5 Å². The summed E-state index contributed by atoms with van der Waals surface area (Å²) in [6.07, 6.45) is 11.6. The molecule has 0 unspecified atom stereocenters. The van der Waals surface area contributed by atoms with Crippen molar-refractivity contribution in [3.8, 4) is 0 Å². The summed E-state index contributed by atoms with van der Waals surface area (Å²) in [5.74, 6) is 2.32. The molecule has 2 aliphatic carbocycles. The number of unbranched alkanes of at least 4 members (excludes halogenated alkanes) is 4. The molecule has 2 bridgehead atoms. The molecule has 1 amide bonds. The van der Waals surface area contributed by atoms with Crippen LogP contribution in [0.15, 0.2) is 0 Å². The Morgan fingerprint density at radius 3 is 2.59 bits per heavy atom. The van der Waals surface area contributed by atoms with Crippen molar-refractivity contribution < 1.29 is 4.79 Å². The Morgan fingerprint density at radius 1 is 1.12 bits per heavy atom. The number of nitrogens with one attached hydrogen (secondary N) is 1. The molecular formula is C15H27NO. The van der Waals surface area contributed by atoms with E-state index in [2.05, 4.69) is 12.2 Å². The lowest BCUT2D eigenvalue weighted by Gasteiger charge is -2.20. The molecule has 2 fully saturated rings. The van der Waals surface area contributed by atoms with E-state index in [1.807, 2.05) is 0 Å². The van der Waals surface area contributed by atoms with E-state index >= 15 is 0 Å². The van der Waals surface area contributed by atoms with Gasteiger partial charge in [-0.3, -0.25) is 4.79 Å². The third kappa shape index (κ3) is 3.46. The van der Waals surface area contributed by atoms with E-state index in [0.29, 0.717) is 11.8 Å². The SMILES string of the molecule is CCCCCCCNC(=O)[C@H]1C[C@H]2CC[C@H]1C2. The van der Waals surface area contributed by atoms with Crippen molar-refractivity contribution in [1.29, 1.82) is 0 Å². The molecule has 2 saturated carbocycles. The van der Waals surface area contributed by atoms with E-state index in [-0.39, 0.29) is 0 Å². The molecule has 0 aromatic rings. The van der Waals surface area contributed by atoms with Crippen molar-refractivity contribution in [3.05, 3.63) is 0 Å². The molecule has 98 valence electrons. The number of amides is 1. The number of carbonyl (C=O) groups excluding carboxylic acids is 1. The lowest BCUT2D eigenvalue weighted by atomic mass is 9.88. The highest BCUT2D eigenvalue weighted by atomic mass is 16.1. The van der Waals surface area contributed by atoms with Crippen LogP contribution in [-0.4, -0.2) is 12.5 Å². The summed E-state index contributed by atoms with van der Waals surface area (Å²) < 4.78 is 0. The minimum atomic E-state index is 0.354. The first kappa shape index (κ1) is 12.9. The van der Waals surface area contributed by atoms with Crippen LogP contribution in [-0.2, 0) is 4.79 Å². The van der Waals surface area contributed by atoms with Crippen LogP contribution in [0, 0.1) is 17.8 Å². The Morgan fingerprint density at radius 2 is 1.94 bits per heavy atom. The van der Waals surface area contributed by atoms with Gasteiger partial charge in [-0.1, -0.05) is 39.0 Å². The largest absolute Gasteiger partial charge is 0.356 e. The van der Waals surface area contributed by atoms with Crippen LogP contribution >= 0.6 is 0 Å². The Labute approximate surface area is 106 Å². The maximum absolute atomic E-state index is 12.0. The Balaban J connectivity index is 1.55. The summed E-state index contributed by atoms with van der Waals surface area (Å²) in [7, 11) is 0. The zero-order valence-corrected chi connectivity index (χ0v) is 11.2. The second-order valence-electron chi connectivity index (χ2n) is 5.99. The highest BCUT2D eigenvalue weighted by Crippen LogP contribution is 2.48. The van der Waals surface area contributed by atoms with E-state index < -0.39 is 0 Å². The van der Waals surface area contributed by atoms with Crippen LogP contribution in [0.25, 0.3) is 0 Å². The highest BCUT2D eigenvalue weighted by molar-refractivity contribution is 5.79. The molecule has 0 radical (unpaired) electrons. The number of hydrogen-bond acceptors (Lipinski definition) is 1. The zero-order valence-electron chi connectivity index (χ0n) is 11.2. The second-order valence-corrected chi connectivity index (χ2v) is 5.99. The van der Waals surface area contributed by atoms with Gasteiger partial charge < -0.3 is 5.32 Å². The first-order chi connectivity index (χ1) is 8.31. The van der Waals surface area contributed by atoms with Crippen molar-refractivity contribution in [1.82, 2.24) is 5.32 Å². The van der Waals surface area contributed by atoms with Gasteiger partial charge in [0.2, 0.25) is 5.91 Å². The van der Waals surface area contributed by atoms with Gasteiger partial charge in [-0.2, -0.15) is 0 Å². The predicted molar refractivity (Wildman–Crippen MR) is 70.7 cm³/mol. The van der Waals surface area contributed by atoms with Crippen LogP contribution in [0.1, 0.15) is 64.7 Å². The summed E-state index contributed by atoms with van der Waals surface area (Å²) in [6, 6.07) is 0. The monoisotopic (exact) mass is 237 g/mol. The summed E-state index contributed by atoms with van der Waals surface area (Å²) >= 11 is 0. The molecule has 0 aromatic carbocycles. The van der Waals surface area contributed by atoms with Crippen molar-refractivity contribution in [3.63, 3.8) is 0 Å². The molecule has 0 heterocycles. The third-order valence-electron chi connectivity index (χ3n) is 4.65. The fourth-order valence-electron chi connectivity index (χ4n) is 3.64. The minimum Gasteiger partial charge on any atom is -0.356 e. The van der Waals surface area contributed by atoms with Crippen LogP contribution < -0.4 is 5.32 Å². The number of fused-ring (bicyclic) bond motifs is 2. The first-order valence-electron chi connectivity index (χ1n) is 7.59. The van der Waals surface area contributed by atoms with Crippen molar-refractivity contribution in [2.24, 2.45) is 17.8 Å². The van der Waals surface area contributed by atoms with Crippen LogP contribution in [0.4, 0.5) is 0 Å². The molecule has 2 nitrogen and oxygen atoms in total. The smallest absolute Gasteiger partial charge is 0.223 e. The Hall–Kier alpha value is -0.530. The molecule has 0 aliphatic heterocycles. The molecule has 0 aromatic heterocycles. The van der Waals surface area contributed by atoms with Crippen molar-refractivity contribution >= 4 is 5.91 Å². The molecule has 17 heavy (non-hydrogen) atoms. The summed E-state index contributed by atoms with van der Waals surface area (Å²) in [5.41, 5.74) is 0. The molecule has 3 atom stereocenters. The van der Waals surface area contributed by atoms with Gasteiger partial charge in [-0.15, -0.1) is 0 Å². The zero-order chi connectivity index (χ0) is 12.1. The van der Waals surface area contributed by atoms with Gasteiger partial charge in [0.05, 0.1) is 0 Å². The number of rotatable bonds is 7. The second kappa shape index (κ2) is 6.42. The lowest BCUT2D eigenvalue weighted by molar-refractivity contribution is -0.126. The topological polar surface area (TPSA) is 29.1 Å². The predicted octanol–water partition coefficient (Wildman–Crippen LogP) is 3.51. The van der Waals surface area contributed by atoms with Crippen molar-refractivity contribution in [2.45, 2.75) is 64.7 Å². The quantitative estimate of drug-likeness (QED) is 0.675. The summed E-state index contributed by atoms with van der Waals surface area (Å²) in [4.78, 5) is 12.0. The maximum atomic E-state index is 12.0. The normalized spacial score (nSPS) is 30.8. The average Bonchev–Trinajstić information content (AvgIpc) is 2.95. The van der Waals surface area contributed by atoms with E-state index in [1.54, 1.807) is 0 Å². The van der Waals surface area contributed by atoms with Gasteiger partial charge in [0.25, 0.3) is 0 Å². The first-order valence-corrected chi connectivity index (χ1v) is 7.59. The lowest BCUT2D eigenvalue weighted by Crippen LogP contribution is -2.34. The molecule has 1 N–H and O–H groups in total. The number of hydrogen-bond donors (Lipinski definition) is 1. The van der Waals surface area contributed by atoms with E-state index in [1.165, 1.54) is 51.4 Å². The van der Waals surface area contributed by atoms with Gasteiger partial charge in [0.1, 0.15) is 0 Å². The third-order valence-corrected chi connectivity index (χ3v) is 4.65. The van der Waals surface area contributed by atoms with E-state index in [0.717, 1.165) is 24.8 Å². The van der Waals surface area contributed by atoms with Crippen LogP contribution in [0.2, 0.25) is 0 Å². The van der Waals surface area contributed by atoms with Crippen LogP contribution in [0.5, 0.6) is 0 Å². The summed E-state index contributed by atoms with van der Waals surface area (Å²) in [6.45, 7) is 3.13. The molecule has 0 saturated heterocycles. The van der Waals surface area contributed by atoms with Crippen LogP contribution in [0.3, 0.4) is 0 Å². The molecule has 2 aliphatic rings. The average molecular weight is 237 g/mol.